The Hall–Kier alpha value is -0.770. The van der Waals surface area contributed by atoms with Crippen molar-refractivity contribution in [3.05, 3.63) is 23.3 Å². The van der Waals surface area contributed by atoms with E-state index in [9.17, 15) is 13.2 Å². The van der Waals surface area contributed by atoms with Gasteiger partial charge in [0.1, 0.15) is 0 Å². The highest BCUT2D eigenvalue weighted by molar-refractivity contribution is 5.41. The predicted molar refractivity (Wildman–Crippen MR) is 49.7 cm³/mol. The quantitative estimate of drug-likeness (QED) is 0.699. The normalized spacial score (nSPS) is 26.9. The van der Waals surface area contributed by atoms with Crippen molar-refractivity contribution in [2.75, 3.05) is 6.54 Å². The van der Waals surface area contributed by atoms with E-state index < -0.39 is 18.3 Å². The lowest BCUT2D eigenvalue weighted by molar-refractivity contribution is -0.0929. The monoisotopic (exact) mass is 205 g/mol. The second-order valence-corrected chi connectivity index (χ2v) is 3.62. The molecule has 0 aromatic carbocycles. The van der Waals surface area contributed by atoms with E-state index in [2.05, 4.69) is 6.58 Å². The molecule has 1 fully saturated rings. The first-order chi connectivity index (χ1) is 6.38. The Labute approximate surface area is 81.5 Å². The average molecular weight is 205 g/mol. The lowest BCUT2D eigenvalue weighted by Gasteiger charge is -2.14. The van der Waals surface area contributed by atoms with Crippen LogP contribution in [0.1, 0.15) is 19.8 Å². The first-order valence-corrected chi connectivity index (χ1v) is 4.56. The summed E-state index contributed by atoms with van der Waals surface area (Å²) in [5.41, 5.74) is 5.45. The van der Waals surface area contributed by atoms with Crippen molar-refractivity contribution in [1.29, 1.82) is 0 Å². The van der Waals surface area contributed by atoms with E-state index in [1.54, 1.807) is 0 Å². The van der Waals surface area contributed by atoms with Gasteiger partial charge in [0.05, 0.1) is 5.57 Å². The van der Waals surface area contributed by atoms with Gasteiger partial charge in [0.25, 0.3) is 0 Å². The van der Waals surface area contributed by atoms with Gasteiger partial charge in [-0.3, -0.25) is 0 Å². The maximum absolute atomic E-state index is 12.5. The van der Waals surface area contributed by atoms with Crippen LogP contribution >= 0.6 is 0 Å². The highest BCUT2D eigenvalue weighted by atomic mass is 19.4. The van der Waals surface area contributed by atoms with Crippen LogP contribution in [0.4, 0.5) is 13.2 Å². The van der Waals surface area contributed by atoms with Gasteiger partial charge >= 0.3 is 6.18 Å². The molecule has 4 heteroatoms. The van der Waals surface area contributed by atoms with Crippen molar-refractivity contribution >= 4 is 0 Å². The van der Waals surface area contributed by atoms with Crippen molar-refractivity contribution in [2.45, 2.75) is 25.9 Å². The molecule has 0 saturated heterocycles. The van der Waals surface area contributed by atoms with Crippen LogP contribution in [0.2, 0.25) is 0 Å². The minimum atomic E-state index is -4.31. The van der Waals surface area contributed by atoms with Gasteiger partial charge in [0, 0.05) is 6.54 Å². The van der Waals surface area contributed by atoms with Gasteiger partial charge in [-0.25, -0.2) is 0 Å². The molecule has 1 unspecified atom stereocenters. The summed E-state index contributed by atoms with van der Waals surface area (Å²) >= 11 is 0. The summed E-state index contributed by atoms with van der Waals surface area (Å²) in [5.74, 6) is 0.147. The molecular weight excluding hydrogens is 191 g/mol. The minimum Gasteiger partial charge on any atom is -0.326 e. The Balaban J connectivity index is 3.08. The number of rotatable bonds is 1. The molecule has 0 radical (unpaired) electrons. The van der Waals surface area contributed by atoms with Crippen LogP contribution in [-0.2, 0) is 0 Å². The molecule has 0 heterocycles. The third-order valence-corrected chi connectivity index (χ3v) is 2.72. The van der Waals surface area contributed by atoms with Gasteiger partial charge in [-0.05, 0) is 29.9 Å². The SMILES string of the molecule is C=C1/C(=C(\CN)C(F)(F)F)CCC1C. The highest BCUT2D eigenvalue weighted by Gasteiger charge is 2.37. The van der Waals surface area contributed by atoms with E-state index >= 15 is 0 Å². The van der Waals surface area contributed by atoms with Gasteiger partial charge in [-0.15, -0.1) is 0 Å². The number of nitrogens with two attached hydrogens (primary N) is 1. The zero-order chi connectivity index (χ0) is 10.9. The smallest absolute Gasteiger partial charge is 0.326 e. The number of alkyl halides is 3. The summed E-state index contributed by atoms with van der Waals surface area (Å²) in [6, 6.07) is 0. The Kier molecular flexibility index (Phi) is 3.04. The minimum absolute atomic E-state index is 0.147. The lowest BCUT2D eigenvalue weighted by atomic mass is 10.00. The Morgan fingerprint density at radius 2 is 2.14 bits per heavy atom. The first kappa shape index (κ1) is 11.3. The fraction of sp³-hybridized carbons (Fsp3) is 0.600. The molecule has 1 rings (SSSR count). The molecule has 0 aromatic rings. The van der Waals surface area contributed by atoms with Crippen LogP contribution in [-0.4, -0.2) is 12.7 Å². The number of allylic oxidation sites excluding steroid dienone is 2. The van der Waals surface area contributed by atoms with Crippen molar-refractivity contribution < 1.29 is 13.2 Å². The summed E-state index contributed by atoms with van der Waals surface area (Å²) < 4.78 is 37.5. The number of hydrogen-bond donors (Lipinski definition) is 1. The summed E-state index contributed by atoms with van der Waals surface area (Å²) in [6.07, 6.45) is -3.11. The van der Waals surface area contributed by atoms with Crippen LogP contribution in [0.15, 0.2) is 23.3 Å². The topological polar surface area (TPSA) is 26.0 Å². The Bertz CT molecular complexity index is 276. The molecule has 0 amide bonds. The summed E-state index contributed by atoms with van der Waals surface area (Å²) in [5, 5.41) is 0. The Morgan fingerprint density at radius 3 is 2.43 bits per heavy atom. The molecule has 0 aromatic heterocycles. The van der Waals surface area contributed by atoms with Crippen molar-refractivity contribution in [1.82, 2.24) is 0 Å². The maximum Gasteiger partial charge on any atom is 0.414 e. The van der Waals surface area contributed by atoms with Crippen LogP contribution in [0.3, 0.4) is 0 Å². The molecule has 0 aliphatic heterocycles. The van der Waals surface area contributed by atoms with Crippen LogP contribution in [0, 0.1) is 5.92 Å². The second-order valence-electron chi connectivity index (χ2n) is 3.62. The maximum atomic E-state index is 12.5. The van der Waals surface area contributed by atoms with E-state index in [4.69, 9.17) is 5.73 Å². The molecular formula is C10H14F3N. The van der Waals surface area contributed by atoms with Crippen molar-refractivity contribution in [3.8, 4) is 0 Å². The second kappa shape index (κ2) is 3.77. The molecule has 0 bridgehead atoms. The predicted octanol–water partition coefficient (Wildman–Crippen LogP) is 2.79. The zero-order valence-corrected chi connectivity index (χ0v) is 8.12. The molecule has 1 saturated carbocycles. The van der Waals surface area contributed by atoms with Gasteiger partial charge in [0.15, 0.2) is 0 Å². The highest BCUT2D eigenvalue weighted by Crippen LogP contribution is 2.40. The molecule has 1 nitrogen and oxygen atoms in total. The fourth-order valence-corrected chi connectivity index (χ4v) is 1.75. The number of halogens is 3. The summed E-state index contributed by atoms with van der Waals surface area (Å²) in [7, 11) is 0. The van der Waals surface area contributed by atoms with Gasteiger partial charge in [0.2, 0.25) is 0 Å². The van der Waals surface area contributed by atoms with E-state index in [1.165, 1.54) is 0 Å². The molecule has 1 atom stereocenters. The van der Waals surface area contributed by atoms with Gasteiger partial charge in [-0.2, -0.15) is 13.2 Å². The molecule has 0 spiro atoms. The van der Waals surface area contributed by atoms with Gasteiger partial charge < -0.3 is 5.73 Å². The van der Waals surface area contributed by atoms with Crippen molar-refractivity contribution in [3.63, 3.8) is 0 Å². The largest absolute Gasteiger partial charge is 0.414 e. The van der Waals surface area contributed by atoms with Gasteiger partial charge in [-0.1, -0.05) is 13.5 Å². The third-order valence-electron chi connectivity index (χ3n) is 2.72. The summed E-state index contributed by atoms with van der Waals surface area (Å²) in [4.78, 5) is 0. The zero-order valence-electron chi connectivity index (χ0n) is 8.12. The Morgan fingerprint density at radius 1 is 1.57 bits per heavy atom. The van der Waals surface area contributed by atoms with Crippen LogP contribution in [0.25, 0.3) is 0 Å². The molecule has 1 aliphatic carbocycles. The molecule has 1 aliphatic rings. The standard InChI is InChI=1S/C10H14F3N/c1-6-3-4-8(7(6)2)9(5-14)10(11,12)13/h6H,2-5,14H2,1H3/b9-8+. The fourth-order valence-electron chi connectivity index (χ4n) is 1.75. The molecule has 80 valence electrons. The van der Waals surface area contributed by atoms with E-state index in [0.29, 0.717) is 17.6 Å². The molecule has 2 N–H and O–H groups in total. The van der Waals surface area contributed by atoms with Crippen LogP contribution in [0.5, 0.6) is 0 Å². The first-order valence-electron chi connectivity index (χ1n) is 4.56. The average Bonchev–Trinajstić information content (AvgIpc) is 2.35. The van der Waals surface area contributed by atoms with E-state index in [1.807, 2.05) is 6.92 Å². The summed E-state index contributed by atoms with van der Waals surface area (Å²) in [6.45, 7) is 5.12. The van der Waals surface area contributed by atoms with Crippen LogP contribution < -0.4 is 5.73 Å². The van der Waals surface area contributed by atoms with Crippen molar-refractivity contribution in [2.24, 2.45) is 11.7 Å². The number of hydrogen-bond acceptors (Lipinski definition) is 1. The third kappa shape index (κ3) is 2.00. The van der Waals surface area contributed by atoms with E-state index in [0.717, 1.165) is 6.42 Å². The molecule has 14 heavy (non-hydrogen) atoms. The lowest BCUT2D eigenvalue weighted by Crippen LogP contribution is -2.22. The van der Waals surface area contributed by atoms with E-state index in [-0.39, 0.29) is 5.92 Å².